The minimum Gasteiger partial charge on any atom is -0.435 e. The number of nitrogens with one attached hydrogen (secondary N) is 1. The summed E-state index contributed by atoms with van der Waals surface area (Å²) in [4.78, 5) is 21.4. The molecule has 0 saturated heterocycles. The fourth-order valence-corrected chi connectivity index (χ4v) is 2.72. The number of halogens is 2. The van der Waals surface area contributed by atoms with Gasteiger partial charge in [0, 0.05) is 19.5 Å². The van der Waals surface area contributed by atoms with Gasteiger partial charge in [-0.3, -0.25) is 4.79 Å². The third-order valence-electron chi connectivity index (χ3n) is 3.99. The number of ether oxygens (including phenoxy) is 1. The van der Waals surface area contributed by atoms with Gasteiger partial charge in [0.05, 0.1) is 10.9 Å². The molecule has 1 N–H and O–H groups in total. The number of aromatic nitrogens is 2. The molecule has 0 unspecified atom stereocenters. The molecule has 5 nitrogen and oxygen atoms in total. The van der Waals surface area contributed by atoms with Gasteiger partial charge in [0.2, 0.25) is 0 Å². The van der Waals surface area contributed by atoms with Crippen LogP contribution in [0.1, 0.15) is 11.4 Å². The Morgan fingerprint density at radius 2 is 1.88 bits per heavy atom. The van der Waals surface area contributed by atoms with E-state index < -0.39 is 6.61 Å². The quantitative estimate of drug-likeness (QED) is 0.704. The fourth-order valence-electron chi connectivity index (χ4n) is 2.72. The van der Waals surface area contributed by atoms with Gasteiger partial charge in [-0.15, -0.1) is 0 Å². The standard InChI is InChI=1S/C19H19F2N3O2/c1-24(12-13-6-8-14(9-7-13)26-19(20)21)11-10-17-22-16-5-3-2-4-15(16)18(25)23-17/h2-9,19H,10-12H2,1H3,(H,22,23,25). The molecule has 0 aliphatic rings. The SMILES string of the molecule is CN(CCc1nc2ccccc2c(=O)[nH]1)Cc1ccc(OC(F)F)cc1. The van der Waals surface area contributed by atoms with Gasteiger partial charge in [0.25, 0.3) is 5.56 Å². The van der Waals surface area contributed by atoms with Crippen LogP contribution < -0.4 is 10.3 Å². The van der Waals surface area contributed by atoms with E-state index in [0.717, 1.165) is 5.56 Å². The van der Waals surface area contributed by atoms with Gasteiger partial charge in [-0.2, -0.15) is 8.78 Å². The Kier molecular flexibility index (Phi) is 5.58. The van der Waals surface area contributed by atoms with Gasteiger partial charge in [-0.05, 0) is 36.9 Å². The van der Waals surface area contributed by atoms with Crippen molar-refractivity contribution in [1.82, 2.24) is 14.9 Å². The molecule has 2 aromatic carbocycles. The highest BCUT2D eigenvalue weighted by atomic mass is 19.3. The second kappa shape index (κ2) is 8.05. The van der Waals surface area contributed by atoms with Gasteiger partial charge in [-0.25, -0.2) is 4.98 Å². The lowest BCUT2D eigenvalue weighted by Gasteiger charge is -2.16. The summed E-state index contributed by atoms with van der Waals surface area (Å²) in [7, 11) is 1.95. The molecular weight excluding hydrogens is 340 g/mol. The first-order valence-corrected chi connectivity index (χ1v) is 8.21. The van der Waals surface area contributed by atoms with Crippen LogP contribution >= 0.6 is 0 Å². The molecule has 0 aliphatic carbocycles. The molecule has 1 heterocycles. The number of rotatable bonds is 7. The Bertz CT molecular complexity index is 926. The molecule has 3 rings (SSSR count). The average Bonchev–Trinajstić information content (AvgIpc) is 2.61. The predicted molar refractivity (Wildman–Crippen MR) is 95.5 cm³/mol. The number of para-hydroxylation sites is 1. The van der Waals surface area contributed by atoms with Crippen molar-refractivity contribution >= 4 is 10.9 Å². The lowest BCUT2D eigenvalue weighted by molar-refractivity contribution is -0.0498. The molecule has 0 radical (unpaired) electrons. The van der Waals surface area contributed by atoms with Gasteiger partial charge < -0.3 is 14.6 Å². The minimum absolute atomic E-state index is 0.136. The molecule has 136 valence electrons. The van der Waals surface area contributed by atoms with Crippen LogP contribution in [0.2, 0.25) is 0 Å². The third kappa shape index (κ3) is 4.64. The van der Waals surface area contributed by atoms with Crippen molar-refractivity contribution in [3.05, 3.63) is 70.3 Å². The Morgan fingerprint density at radius 1 is 1.15 bits per heavy atom. The lowest BCUT2D eigenvalue weighted by Crippen LogP contribution is -2.22. The number of hydrogen-bond acceptors (Lipinski definition) is 4. The van der Waals surface area contributed by atoms with Gasteiger partial charge in [-0.1, -0.05) is 24.3 Å². The second-order valence-electron chi connectivity index (χ2n) is 6.04. The van der Waals surface area contributed by atoms with E-state index in [1.807, 2.05) is 25.2 Å². The summed E-state index contributed by atoms with van der Waals surface area (Å²) in [5, 5.41) is 0.579. The topological polar surface area (TPSA) is 58.2 Å². The summed E-state index contributed by atoms with van der Waals surface area (Å²) in [5.41, 5.74) is 1.53. The Labute approximate surface area is 149 Å². The zero-order chi connectivity index (χ0) is 18.5. The number of alkyl halides is 2. The van der Waals surface area contributed by atoms with Crippen molar-refractivity contribution in [1.29, 1.82) is 0 Å². The number of hydrogen-bond donors (Lipinski definition) is 1. The van der Waals surface area contributed by atoms with Crippen LogP contribution in [0.4, 0.5) is 8.78 Å². The molecule has 7 heteroatoms. The highest BCUT2D eigenvalue weighted by Crippen LogP contribution is 2.16. The lowest BCUT2D eigenvalue weighted by atomic mass is 10.2. The molecule has 0 saturated carbocycles. The van der Waals surface area contributed by atoms with Crippen LogP contribution in [-0.2, 0) is 13.0 Å². The number of nitrogens with zero attached hydrogens (tertiary/aromatic N) is 2. The number of benzene rings is 2. The number of aromatic amines is 1. The van der Waals surface area contributed by atoms with E-state index in [9.17, 15) is 13.6 Å². The van der Waals surface area contributed by atoms with Crippen molar-refractivity contribution in [2.24, 2.45) is 0 Å². The van der Waals surface area contributed by atoms with E-state index in [2.05, 4.69) is 19.6 Å². The Hall–Kier alpha value is -2.80. The maximum absolute atomic E-state index is 12.2. The van der Waals surface area contributed by atoms with E-state index in [1.54, 1.807) is 18.2 Å². The summed E-state index contributed by atoms with van der Waals surface area (Å²) in [6.07, 6.45) is 0.600. The van der Waals surface area contributed by atoms with Crippen LogP contribution in [0, 0.1) is 0 Å². The van der Waals surface area contributed by atoms with E-state index in [-0.39, 0.29) is 11.3 Å². The van der Waals surface area contributed by atoms with E-state index in [1.165, 1.54) is 12.1 Å². The molecule has 0 bridgehead atoms. The van der Waals surface area contributed by atoms with Crippen molar-refractivity contribution in [3.63, 3.8) is 0 Å². The minimum atomic E-state index is -2.82. The third-order valence-corrected chi connectivity index (χ3v) is 3.99. The van der Waals surface area contributed by atoms with Crippen LogP contribution in [0.5, 0.6) is 5.75 Å². The summed E-state index contributed by atoms with van der Waals surface area (Å²) < 4.78 is 28.7. The number of likely N-dealkylation sites (N-methyl/N-ethyl adjacent to an activating group) is 1. The fraction of sp³-hybridized carbons (Fsp3) is 0.263. The summed E-state index contributed by atoms with van der Waals surface area (Å²) in [6.45, 7) is -1.48. The molecule has 0 aliphatic heterocycles. The first-order chi connectivity index (χ1) is 12.5. The van der Waals surface area contributed by atoms with Gasteiger partial charge in [0.1, 0.15) is 11.6 Å². The van der Waals surface area contributed by atoms with E-state index in [0.29, 0.717) is 36.2 Å². The van der Waals surface area contributed by atoms with Gasteiger partial charge in [0.15, 0.2) is 0 Å². The highest BCUT2D eigenvalue weighted by molar-refractivity contribution is 5.77. The highest BCUT2D eigenvalue weighted by Gasteiger charge is 2.07. The molecular formula is C19H19F2N3O2. The van der Waals surface area contributed by atoms with Crippen molar-refractivity contribution < 1.29 is 13.5 Å². The number of fused-ring (bicyclic) bond motifs is 1. The Morgan fingerprint density at radius 3 is 2.62 bits per heavy atom. The van der Waals surface area contributed by atoms with Crippen molar-refractivity contribution in [3.8, 4) is 5.75 Å². The predicted octanol–water partition coefficient (Wildman–Crippen LogP) is 3.20. The van der Waals surface area contributed by atoms with Gasteiger partial charge >= 0.3 is 6.61 Å². The Balaban J connectivity index is 1.58. The molecule has 1 aromatic heterocycles. The monoisotopic (exact) mass is 359 g/mol. The number of H-pyrrole nitrogens is 1. The van der Waals surface area contributed by atoms with E-state index in [4.69, 9.17) is 0 Å². The van der Waals surface area contributed by atoms with Crippen LogP contribution in [0.15, 0.2) is 53.3 Å². The van der Waals surface area contributed by atoms with E-state index >= 15 is 0 Å². The smallest absolute Gasteiger partial charge is 0.387 e. The van der Waals surface area contributed by atoms with Crippen molar-refractivity contribution in [2.45, 2.75) is 19.6 Å². The largest absolute Gasteiger partial charge is 0.435 e. The summed E-state index contributed by atoms with van der Waals surface area (Å²) >= 11 is 0. The normalized spacial score (nSPS) is 11.4. The van der Waals surface area contributed by atoms with Crippen LogP contribution in [0.3, 0.4) is 0 Å². The molecule has 0 atom stereocenters. The maximum atomic E-state index is 12.2. The van der Waals surface area contributed by atoms with Crippen LogP contribution in [-0.4, -0.2) is 35.1 Å². The molecule has 3 aromatic rings. The summed E-state index contributed by atoms with van der Waals surface area (Å²) in [6, 6.07) is 13.8. The van der Waals surface area contributed by atoms with Crippen LogP contribution in [0.25, 0.3) is 10.9 Å². The maximum Gasteiger partial charge on any atom is 0.387 e. The molecule has 0 amide bonds. The first-order valence-electron chi connectivity index (χ1n) is 8.21. The molecule has 0 spiro atoms. The summed E-state index contributed by atoms with van der Waals surface area (Å²) in [5.74, 6) is 0.783. The van der Waals surface area contributed by atoms with Crippen molar-refractivity contribution in [2.75, 3.05) is 13.6 Å². The first kappa shape index (κ1) is 18.0. The average molecular weight is 359 g/mol. The molecule has 0 fully saturated rings. The zero-order valence-electron chi connectivity index (χ0n) is 14.3. The molecule has 26 heavy (non-hydrogen) atoms. The zero-order valence-corrected chi connectivity index (χ0v) is 14.3. The second-order valence-corrected chi connectivity index (χ2v) is 6.04.